The maximum atomic E-state index is 13.4. The van der Waals surface area contributed by atoms with Crippen molar-refractivity contribution in [2.45, 2.75) is 33.4 Å². The summed E-state index contributed by atoms with van der Waals surface area (Å²) in [6.45, 7) is 7.09. The lowest BCUT2D eigenvalue weighted by Crippen LogP contribution is -2.38. The number of guanidine groups is 1. The number of phenols is 1. The van der Waals surface area contributed by atoms with Crippen molar-refractivity contribution >= 4 is 5.96 Å². The summed E-state index contributed by atoms with van der Waals surface area (Å²) >= 11 is 0. The van der Waals surface area contributed by atoms with Crippen molar-refractivity contribution in [1.82, 2.24) is 10.6 Å². The zero-order valence-electron chi connectivity index (χ0n) is 15.7. The minimum Gasteiger partial charge on any atom is -0.504 e. The Morgan fingerprint density at radius 3 is 2.59 bits per heavy atom. The first-order chi connectivity index (χ1) is 12.9. The third-order valence-corrected chi connectivity index (χ3v) is 3.88. The highest BCUT2D eigenvalue weighted by molar-refractivity contribution is 5.80. The first-order valence-corrected chi connectivity index (χ1v) is 8.89. The average Bonchev–Trinajstić information content (AvgIpc) is 2.64. The van der Waals surface area contributed by atoms with Gasteiger partial charge in [0.05, 0.1) is 19.2 Å². The number of nitrogens with one attached hydrogen (secondary N) is 2. The van der Waals surface area contributed by atoms with Crippen LogP contribution in [0.5, 0.6) is 11.5 Å². The van der Waals surface area contributed by atoms with Gasteiger partial charge >= 0.3 is 0 Å². The smallest absolute Gasteiger partial charge is 0.192 e. The summed E-state index contributed by atoms with van der Waals surface area (Å²) in [6, 6.07) is 8.63. The molecule has 3 N–H and O–H groups in total. The molecule has 2 rings (SSSR count). The van der Waals surface area contributed by atoms with E-state index in [0.717, 1.165) is 11.6 Å². The summed E-state index contributed by atoms with van der Waals surface area (Å²) in [5.74, 6) is -0.708. The SMILES string of the molecule is CCNC(=NCc1ccc(O)c(OCC)c1)NC(C)c1ccc(F)c(F)c1. The summed E-state index contributed by atoms with van der Waals surface area (Å²) in [7, 11) is 0. The molecule has 1 atom stereocenters. The highest BCUT2D eigenvalue weighted by atomic mass is 19.2. The second kappa shape index (κ2) is 9.75. The molecule has 146 valence electrons. The fraction of sp³-hybridized carbons (Fsp3) is 0.350. The van der Waals surface area contributed by atoms with Crippen LogP contribution in [0, 0.1) is 11.6 Å². The van der Waals surface area contributed by atoms with Crippen LogP contribution in [0.3, 0.4) is 0 Å². The van der Waals surface area contributed by atoms with E-state index >= 15 is 0 Å². The number of benzene rings is 2. The zero-order valence-corrected chi connectivity index (χ0v) is 15.7. The standard InChI is InChI=1S/C20H25F2N3O2/c1-4-23-20(25-13(3)15-7-8-16(21)17(22)11-15)24-12-14-6-9-18(26)19(10-14)27-5-2/h6-11,13,26H,4-5,12H2,1-3H3,(H2,23,24,25). The lowest BCUT2D eigenvalue weighted by Gasteiger charge is -2.18. The van der Waals surface area contributed by atoms with Gasteiger partial charge in [-0.3, -0.25) is 0 Å². The number of phenolic OH excluding ortho intramolecular Hbond substituents is 1. The van der Waals surface area contributed by atoms with Gasteiger partial charge in [0.25, 0.3) is 0 Å². The monoisotopic (exact) mass is 377 g/mol. The van der Waals surface area contributed by atoms with Crippen LogP contribution in [-0.2, 0) is 6.54 Å². The molecule has 2 aromatic carbocycles. The Morgan fingerprint density at radius 1 is 1.15 bits per heavy atom. The van der Waals surface area contributed by atoms with E-state index in [1.54, 1.807) is 18.2 Å². The quantitative estimate of drug-likeness (QED) is 0.506. The Labute approximate surface area is 158 Å². The average molecular weight is 377 g/mol. The molecule has 0 aliphatic carbocycles. The fourth-order valence-electron chi connectivity index (χ4n) is 2.49. The van der Waals surface area contributed by atoms with Gasteiger partial charge in [-0.1, -0.05) is 12.1 Å². The molecule has 5 nitrogen and oxygen atoms in total. The molecule has 0 aliphatic rings. The van der Waals surface area contributed by atoms with E-state index in [0.29, 0.717) is 37.0 Å². The summed E-state index contributed by atoms with van der Waals surface area (Å²) in [6.07, 6.45) is 0. The van der Waals surface area contributed by atoms with E-state index in [9.17, 15) is 13.9 Å². The third kappa shape index (κ3) is 5.84. The number of hydrogen-bond donors (Lipinski definition) is 3. The summed E-state index contributed by atoms with van der Waals surface area (Å²) < 4.78 is 31.9. The number of hydrogen-bond acceptors (Lipinski definition) is 3. The number of rotatable bonds is 7. The molecule has 0 heterocycles. The second-order valence-corrected chi connectivity index (χ2v) is 5.97. The highest BCUT2D eigenvalue weighted by Crippen LogP contribution is 2.27. The van der Waals surface area contributed by atoms with Gasteiger partial charge in [-0.25, -0.2) is 13.8 Å². The van der Waals surface area contributed by atoms with E-state index in [1.165, 1.54) is 12.1 Å². The van der Waals surface area contributed by atoms with E-state index < -0.39 is 11.6 Å². The van der Waals surface area contributed by atoms with Crippen molar-refractivity contribution in [1.29, 1.82) is 0 Å². The molecular weight excluding hydrogens is 352 g/mol. The minimum absolute atomic E-state index is 0.0848. The van der Waals surface area contributed by atoms with Gasteiger partial charge in [-0.2, -0.15) is 0 Å². The maximum absolute atomic E-state index is 13.4. The van der Waals surface area contributed by atoms with Gasteiger partial charge in [0, 0.05) is 6.54 Å². The molecule has 1 unspecified atom stereocenters. The Hall–Kier alpha value is -2.83. The fourth-order valence-corrected chi connectivity index (χ4v) is 2.49. The number of nitrogens with zero attached hydrogens (tertiary/aromatic N) is 1. The topological polar surface area (TPSA) is 65.9 Å². The van der Waals surface area contributed by atoms with Crippen molar-refractivity contribution in [2.24, 2.45) is 4.99 Å². The van der Waals surface area contributed by atoms with E-state index in [4.69, 9.17) is 4.74 Å². The van der Waals surface area contributed by atoms with Crippen LogP contribution in [-0.4, -0.2) is 24.2 Å². The largest absolute Gasteiger partial charge is 0.504 e. The predicted octanol–water partition coefficient (Wildman–Crippen LogP) is 3.89. The van der Waals surface area contributed by atoms with Gasteiger partial charge in [-0.15, -0.1) is 0 Å². The van der Waals surface area contributed by atoms with Crippen molar-refractivity contribution in [3.8, 4) is 11.5 Å². The molecule has 0 amide bonds. The number of aliphatic imine (C=N–C) groups is 1. The number of halogens is 2. The van der Waals surface area contributed by atoms with Crippen molar-refractivity contribution in [2.75, 3.05) is 13.2 Å². The molecule has 0 aromatic heterocycles. The van der Waals surface area contributed by atoms with Crippen LogP contribution in [0.15, 0.2) is 41.4 Å². The van der Waals surface area contributed by atoms with Crippen molar-refractivity contribution in [3.63, 3.8) is 0 Å². The Bertz CT molecular complexity index is 797. The normalized spacial score (nSPS) is 12.6. The molecule has 0 saturated heterocycles. The molecule has 0 fully saturated rings. The van der Waals surface area contributed by atoms with Crippen LogP contribution in [0.4, 0.5) is 8.78 Å². The van der Waals surface area contributed by atoms with Gasteiger partial charge in [0.2, 0.25) is 0 Å². The van der Waals surface area contributed by atoms with Gasteiger partial charge in [0.15, 0.2) is 29.1 Å². The van der Waals surface area contributed by atoms with E-state index in [-0.39, 0.29) is 11.8 Å². The zero-order chi connectivity index (χ0) is 19.8. The van der Waals surface area contributed by atoms with E-state index in [2.05, 4.69) is 15.6 Å². The molecule has 0 radical (unpaired) electrons. The van der Waals surface area contributed by atoms with Crippen LogP contribution in [0.2, 0.25) is 0 Å². The first kappa shape index (κ1) is 20.5. The van der Waals surface area contributed by atoms with Crippen LogP contribution in [0.25, 0.3) is 0 Å². The molecule has 7 heteroatoms. The maximum Gasteiger partial charge on any atom is 0.192 e. The van der Waals surface area contributed by atoms with Crippen molar-refractivity contribution < 1.29 is 18.6 Å². The highest BCUT2D eigenvalue weighted by Gasteiger charge is 2.11. The lowest BCUT2D eigenvalue weighted by atomic mass is 10.1. The Balaban J connectivity index is 2.11. The van der Waals surface area contributed by atoms with Gasteiger partial charge < -0.3 is 20.5 Å². The van der Waals surface area contributed by atoms with Crippen molar-refractivity contribution in [3.05, 3.63) is 59.2 Å². The Morgan fingerprint density at radius 2 is 1.93 bits per heavy atom. The first-order valence-electron chi connectivity index (χ1n) is 8.89. The summed E-state index contributed by atoms with van der Waals surface area (Å²) in [5, 5.41) is 16.1. The van der Waals surface area contributed by atoms with Gasteiger partial charge in [-0.05, 0) is 56.2 Å². The van der Waals surface area contributed by atoms with Crippen LogP contribution >= 0.6 is 0 Å². The third-order valence-electron chi connectivity index (χ3n) is 3.88. The van der Waals surface area contributed by atoms with Gasteiger partial charge in [0.1, 0.15) is 0 Å². The minimum atomic E-state index is -0.879. The van der Waals surface area contributed by atoms with Crippen LogP contribution < -0.4 is 15.4 Å². The Kier molecular flexibility index (Phi) is 7.40. The summed E-state index contributed by atoms with van der Waals surface area (Å²) in [5.41, 5.74) is 1.48. The number of aromatic hydroxyl groups is 1. The molecule has 0 aliphatic heterocycles. The molecule has 0 spiro atoms. The summed E-state index contributed by atoms with van der Waals surface area (Å²) in [4.78, 5) is 4.51. The molecular formula is C20H25F2N3O2. The van der Waals surface area contributed by atoms with E-state index in [1.807, 2.05) is 20.8 Å². The molecule has 0 saturated carbocycles. The van der Waals surface area contributed by atoms with Crippen LogP contribution in [0.1, 0.15) is 37.9 Å². The lowest BCUT2D eigenvalue weighted by molar-refractivity contribution is 0.318. The second-order valence-electron chi connectivity index (χ2n) is 5.97. The number of ether oxygens (including phenoxy) is 1. The molecule has 27 heavy (non-hydrogen) atoms. The molecule has 2 aromatic rings. The predicted molar refractivity (Wildman–Crippen MR) is 102 cm³/mol. The molecule has 0 bridgehead atoms.